The normalized spacial score (nSPS) is 32.7. The Bertz CT molecular complexity index is 348. The minimum absolute atomic E-state index is 0.0807. The lowest BCUT2D eigenvalue weighted by Crippen LogP contribution is -2.52. The molecular formula is C12H21BN2O3. The second kappa shape index (κ2) is 5.42. The van der Waals surface area contributed by atoms with E-state index in [2.05, 4.69) is 6.58 Å². The van der Waals surface area contributed by atoms with E-state index in [0.29, 0.717) is 13.0 Å². The highest BCUT2D eigenvalue weighted by atomic mass is 16.4. The molecule has 1 saturated heterocycles. The number of carbonyl (C=O) groups excluding carboxylic acids is 1. The van der Waals surface area contributed by atoms with Crippen molar-refractivity contribution in [2.45, 2.75) is 44.1 Å². The molecule has 1 aliphatic heterocycles. The van der Waals surface area contributed by atoms with Crippen LogP contribution in [0.5, 0.6) is 0 Å². The van der Waals surface area contributed by atoms with Gasteiger partial charge in [0.2, 0.25) is 5.91 Å². The number of likely N-dealkylation sites (tertiary alicyclic amines) is 1. The van der Waals surface area contributed by atoms with Gasteiger partial charge < -0.3 is 20.7 Å². The van der Waals surface area contributed by atoms with Gasteiger partial charge >= 0.3 is 7.12 Å². The average molecular weight is 252 g/mol. The van der Waals surface area contributed by atoms with Crippen LogP contribution in [0.3, 0.4) is 0 Å². The Morgan fingerprint density at radius 2 is 2.11 bits per heavy atom. The van der Waals surface area contributed by atoms with Gasteiger partial charge in [0, 0.05) is 12.6 Å². The topological polar surface area (TPSA) is 86.8 Å². The molecule has 2 fully saturated rings. The molecule has 1 amide bonds. The molecule has 2 aliphatic rings. The molecule has 5 nitrogen and oxygen atoms in total. The second-order valence-electron chi connectivity index (χ2n) is 5.35. The van der Waals surface area contributed by atoms with Gasteiger partial charge in [0.25, 0.3) is 0 Å². The van der Waals surface area contributed by atoms with E-state index in [0.717, 1.165) is 31.3 Å². The molecule has 2 unspecified atom stereocenters. The zero-order valence-corrected chi connectivity index (χ0v) is 10.6. The summed E-state index contributed by atoms with van der Waals surface area (Å²) in [5, 5.41) is 18.6. The fourth-order valence-electron chi connectivity index (χ4n) is 3.10. The van der Waals surface area contributed by atoms with E-state index in [1.54, 1.807) is 4.90 Å². The summed E-state index contributed by atoms with van der Waals surface area (Å²) in [5.74, 6) is -0.916. The van der Waals surface area contributed by atoms with Crippen molar-refractivity contribution in [3.63, 3.8) is 0 Å². The van der Waals surface area contributed by atoms with Crippen LogP contribution in [0.4, 0.5) is 0 Å². The molecule has 0 radical (unpaired) electrons. The molecule has 0 spiro atoms. The Morgan fingerprint density at radius 3 is 2.72 bits per heavy atom. The summed E-state index contributed by atoms with van der Waals surface area (Å²) in [7, 11) is -1.47. The SMILES string of the molecule is C=C1CCCC(N)C1C(=O)N1CCC[C@H]1B(O)O. The van der Waals surface area contributed by atoms with Crippen molar-refractivity contribution in [1.82, 2.24) is 4.90 Å². The van der Waals surface area contributed by atoms with Crippen LogP contribution in [0, 0.1) is 5.92 Å². The molecule has 0 aromatic carbocycles. The summed E-state index contributed by atoms with van der Waals surface area (Å²) in [5.41, 5.74) is 6.91. The fraction of sp³-hybridized carbons (Fsp3) is 0.750. The maximum atomic E-state index is 12.5. The highest BCUT2D eigenvalue weighted by Crippen LogP contribution is 2.31. The molecule has 1 heterocycles. The maximum Gasteiger partial charge on any atom is 0.475 e. The summed E-state index contributed by atoms with van der Waals surface area (Å²) < 4.78 is 0. The third-order valence-electron chi connectivity index (χ3n) is 4.10. The average Bonchev–Trinajstić information content (AvgIpc) is 2.77. The van der Waals surface area contributed by atoms with Gasteiger partial charge in [-0.25, -0.2) is 0 Å². The molecule has 3 atom stereocenters. The Hall–Kier alpha value is -0.845. The predicted molar refractivity (Wildman–Crippen MR) is 69.4 cm³/mol. The summed E-state index contributed by atoms with van der Waals surface area (Å²) in [4.78, 5) is 14.1. The van der Waals surface area contributed by atoms with Crippen molar-refractivity contribution in [1.29, 1.82) is 0 Å². The van der Waals surface area contributed by atoms with Gasteiger partial charge in [0.1, 0.15) is 0 Å². The van der Waals surface area contributed by atoms with Crippen LogP contribution >= 0.6 is 0 Å². The Morgan fingerprint density at radius 1 is 1.39 bits per heavy atom. The van der Waals surface area contributed by atoms with Crippen molar-refractivity contribution >= 4 is 13.0 Å². The molecular weight excluding hydrogens is 231 g/mol. The molecule has 1 aliphatic carbocycles. The molecule has 18 heavy (non-hydrogen) atoms. The molecule has 0 aromatic rings. The minimum Gasteiger partial charge on any atom is -0.426 e. The van der Waals surface area contributed by atoms with Gasteiger partial charge in [-0.15, -0.1) is 0 Å². The van der Waals surface area contributed by atoms with Crippen LogP contribution in [0.1, 0.15) is 32.1 Å². The molecule has 0 bridgehead atoms. The Kier molecular flexibility index (Phi) is 4.09. The van der Waals surface area contributed by atoms with Gasteiger partial charge in [0.15, 0.2) is 0 Å². The fourth-order valence-corrected chi connectivity index (χ4v) is 3.10. The van der Waals surface area contributed by atoms with Gasteiger partial charge in [-0.3, -0.25) is 4.79 Å². The van der Waals surface area contributed by atoms with E-state index in [4.69, 9.17) is 5.73 Å². The van der Waals surface area contributed by atoms with Crippen LogP contribution in [-0.2, 0) is 4.79 Å². The molecule has 6 heteroatoms. The number of rotatable bonds is 2. The first-order chi connectivity index (χ1) is 8.52. The lowest BCUT2D eigenvalue weighted by Gasteiger charge is -2.35. The zero-order valence-electron chi connectivity index (χ0n) is 10.6. The second-order valence-corrected chi connectivity index (χ2v) is 5.35. The number of nitrogens with two attached hydrogens (primary N) is 1. The summed E-state index contributed by atoms with van der Waals surface area (Å²) in [6.07, 6.45) is 4.09. The van der Waals surface area contributed by atoms with Crippen molar-refractivity contribution in [2.24, 2.45) is 11.7 Å². The number of amides is 1. The van der Waals surface area contributed by atoms with E-state index < -0.39 is 13.1 Å². The predicted octanol–water partition coefficient (Wildman–Crippen LogP) is -0.327. The van der Waals surface area contributed by atoms with E-state index in [9.17, 15) is 14.8 Å². The molecule has 0 aromatic heterocycles. The van der Waals surface area contributed by atoms with Crippen LogP contribution in [-0.4, -0.2) is 46.5 Å². The van der Waals surface area contributed by atoms with E-state index in [1.807, 2.05) is 0 Å². The standard InChI is InChI=1S/C12H21BN2O3/c1-8-4-2-5-9(14)11(8)12(16)15-7-3-6-10(15)13(17)18/h9-11,17-18H,1-7,14H2/t9?,10-,11?/m0/s1. The first-order valence-electron chi connectivity index (χ1n) is 6.62. The molecule has 4 N–H and O–H groups in total. The third-order valence-corrected chi connectivity index (χ3v) is 4.10. The number of hydrogen-bond donors (Lipinski definition) is 3. The number of nitrogens with zero attached hydrogens (tertiary/aromatic N) is 1. The summed E-state index contributed by atoms with van der Waals surface area (Å²) in [6.45, 7) is 4.54. The minimum atomic E-state index is -1.47. The van der Waals surface area contributed by atoms with Gasteiger partial charge in [-0.2, -0.15) is 0 Å². The lowest BCUT2D eigenvalue weighted by molar-refractivity contribution is -0.135. The molecule has 1 saturated carbocycles. The van der Waals surface area contributed by atoms with E-state index >= 15 is 0 Å². The largest absolute Gasteiger partial charge is 0.475 e. The van der Waals surface area contributed by atoms with Crippen molar-refractivity contribution in [3.05, 3.63) is 12.2 Å². The summed E-state index contributed by atoms with van der Waals surface area (Å²) >= 11 is 0. The highest BCUT2D eigenvalue weighted by molar-refractivity contribution is 6.43. The monoisotopic (exact) mass is 252 g/mol. The van der Waals surface area contributed by atoms with Crippen LogP contribution in [0.2, 0.25) is 0 Å². The quantitative estimate of drug-likeness (QED) is 0.464. The molecule has 100 valence electrons. The van der Waals surface area contributed by atoms with Gasteiger partial charge in [0.05, 0.1) is 11.9 Å². The molecule has 2 rings (SSSR count). The third kappa shape index (κ3) is 2.46. The smallest absolute Gasteiger partial charge is 0.426 e. The summed E-state index contributed by atoms with van der Waals surface area (Å²) in [6, 6.07) is -0.184. The van der Waals surface area contributed by atoms with E-state index in [-0.39, 0.29) is 17.9 Å². The first kappa shape index (κ1) is 13.6. The van der Waals surface area contributed by atoms with Crippen molar-refractivity contribution in [3.8, 4) is 0 Å². The lowest BCUT2D eigenvalue weighted by atomic mass is 9.76. The number of hydrogen-bond acceptors (Lipinski definition) is 4. The van der Waals surface area contributed by atoms with Gasteiger partial charge in [-0.1, -0.05) is 12.2 Å². The van der Waals surface area contributed by atoms with Crippen LogP contribution in [0.15, 0.2) is 12.2 Å². The van der Waals surface area contributed by atoms with Gasteiger partial charge in [-0.05, 0) is 32.1 Å². The highest BCUT2D eigenvalue weighted by Gasteiger charge is 2.42. The first-order valence-corrected chi connectivity index (χ1v) is 6.62. The van der Waals surface area contributed by atoms with Crippen LogP contribution < -0.4 is 5.73 Å². The van der Waals surface area contributed by atoms with E-state index in [1.165, 1.54) is 0 Å². The number of carbonyl (C=O) groups is 1. The van der Waals surface area contributed by atoms with Crippen LogP contribution in [0.25, 0.3) is 0 Å². The van der Waals surface area contributed by atoms with Crippen molar-refractivity contribution in [2.75, 3.05) is 6.54 Å². The Labute approximate surface area is 108 Å². The Balaban J connectivity index is 2.12. The maximum absolute atomic E-state index is 12.5. The zero-order chi connectivity index (χ0) is 13.3. The van der Waals surface area contributed by atoms with Crippen molar-refractivity contribution < 1.29 is 14.8 Å².